The van der Waals surface area contributed by atoms with Crippen molar-refractivity contribution in [3.05, 3.63) is 47.5 Å². The number of nitrogens with zero attached hydrogens (tertiary/aromatic N) is 1. The molecule has 0 fully saturated rings. The third-order valence-corrected chi connectivity index (χ3v) is 5.17. The highest BCUT2D eigenvalue weighted by molar-refractivity contribution is 5.80. The normalized spacial score (nSPS) is 15.2. The zero-order chi connectivity index (χ0) is 21.3. The number of nitrogens with one attached hydrogen (secondary N) is 1. The van der Waals surface area contributed by atoms with Crippen LogP contribution in [0, 0.1) is 0 Å². The molecule has 3 aromatic rings. The van der Waals surface area contributed by atoms with Gasteiger partial charge in [0.1, 0.15) is 5.75 Å². The number of H-pyrrole nitrogens is 1. The van der Waals surface area contributed by atoms with E-state index < -0.39 is 0 Å². The summed E-state index contributed by atoms with van der Waals surface area (Å²) in [5.74, 6) is 1.89. The Morgan fingerprint density at radius 2 is 1.63 bits per heavy atom. The van der Waals surface area contributed by atoms with E-state index in [1.807, 2.05) is 36.4 Å². The Hall–Kier alpha value is -3.68. The second kappa shape index (κ2) is 7.98. The highest BCUT2D eigenvalue weighted by Crippen LogP contribution is 2.47. The van der Waals surface area contributed by atoms with Gasteiger partial charge in [-0.1, -0.05) is 0 Å². The van der Waals surface area contributed by atoms with Crippen LogP contribution in [0.25, 0.3) is 11.3 Å². The number of hydrogen-bond acceptors (Lipinski definition) is 7. The van der Waals surface area contributed by atoms with Crippen LogP contribution in [0.1, 0.15) is 23.5 Å². The van der Waals surface area contributed by atoms with Gasteiger partial charge in [0.25, 0.3) is 0 Å². The monoisotopic (exact) mass is 410 g/mol. The number of rotatable bonds is 6. The van der Waals surface area contributed by atoms with Crippen LogP contribution in [0.4, 0.5) is 0 Å². The lowest BCUT2D eigenvalue weighted by Crippen LogP contribution is -2.21. The summed E-state index contributed by atoms with van der Waals surface area (Å²) < 4.78 is 27.0. The smallest absolute Gasteiger partial charge is 0.313 e. The van der Waals surface area contributed by atoms with Crippen molar-refractivity contribution < 1.29 is 28.5 Å². The molecule has 1 aromatic heterocycles. The van der Waals surface area contributed by atoms with Crippen molar-refractivity contribution in [1.29, 1.82) is 0 Å². The predicted molar refractivity (Wildman–Crippen MR) is 109 cm³/mol. The lowest BCUT2D eigenvalue weighted by Gasteiger charge is -2.24. The molecule has 1 atom stereocenters. The molecular formula is C22H22N2O6. The number of carbonyl (C=O) groups excluding carboxylic acids is 1. The number of fused-ring (bicyclic) bond motifs is 1. The van der Waals surface area contributed by atoms with E-state index in [9.17, 15) is 4.79 Å². The second-order valence-corrected chi connectivity index (χ2v) is 6.74. The molecule has 0 amide bonds. The summed E-state index contributed by atoms with van der Waals surface area (Å²) in [5, 5.41) is 7.25. The van der Waals surface area contributed by atoms with Gasteiger partial charge in [-0.25, -0.2) is 0 Å². The number of aromatic amines is 1. The minimum atomic E-state index is -0.353. The third kappa shape index (κ3) is 3.30. The fourth-order valence-electron chi connectivity index (χ4n) is 3.72. The first-order valence-electron chi connectivity index (χ1n) is 9.32. The zero-order valence-corrected chi connectivity index (χ0v) is 17.1. The van der Waals surface area contributed by atoms with E-state index in [-0.39, 0.29) is 24.2 Å². The first-order valence-corrected chi connectivity index (χ1v) is 9.32. The number of hydrogen-bond donors (Lipinski definition) is 1. The Bertz CT molecular complexity index is 1050. The second-order valence-electron chi connectivity index (χ2n) is 6.74. The minimum Gasteiger partial charge on any atom is -0.497 e. The average Bonchev–Trinajstić information content (AvgIpc) is 3.21. The SMILES string of the molecule is COc1ccc(-c2[nH]nc3c2[C@@H](c2cc(OC)c(OC)c(OC)c2)CC(=O)O3)cc1. The summed E-state index contributed by atoms with van der Waals surface area (Å²) in [6, 6.07) is 11.3. The average molecular weight is 410 g/mol. The van der Waals surface area contributed by atoms with E-state index in [1.165, 1.54) is 0 Å². The summed E-state index contributed by atoms with van der Waals surface area (Å²) in [4.78, 5) is 12.3. The molecule has 0 spiro atoms. The van der Waals surface area contributed by atoms with Gasteiger partial charge in [-0.05, 0) is 42.0 Å². The summed E-state index contributed by atoms with van der Waals surface area (Å²) in [5.41, 5.74) is 3.31. The molecule has 1 aliphatic heterocycles. The molecule has 1 aliphatic rings. The minimum absolute atomic E-state index is 0.161. The van der Waals surface area contributed by atoms with Gasteiger partial charge in [0.15, 0.2) is 11.5 Å². The summed E-state index contributed by atoms with van der Waals surface area (Å²) >= 11 is 0. The molecule has 0 unspecified atom stereocenters. The van der Waals surface area contributed by atoms with Crippen molar-refractivity contribution in [3.8, 4) is 40.1 Å². The van der Waals surface area contributed by atoms with Crippen LogP contribution in [0.2, 0.25) is 0 Å². The van der Waals surface area contributed by atoms with Crippen molar-refractivity contribution in [1.82, 2.24) is 10.2 Å². The lowest BCUT2D eigenvalue weighted by atomic mass is 9.85. The molecule has 0 bridgehead atoms. The Labute approximate surface area is 173 Å². The largest absolute Gasteiger partial charge is 0.497 e. The molecular weight excluding hydrogens is 388 g/mol. The quantitative estimate of drug-likeness (QED) is 0.621. The molecule has 4 rings (SSSR count). The van der Waals surface area contributed by atoms with Crippen molar-refractivity contribution >= 4 is 5.97 Å². The molecule has 1 N–H and O–H groups in total. The molecule has 2 aromatic carbocycles. The van der Waals surface area contributed by atoms with Gasteiger partial charge < -0.3 is 23.7 Å². The van der Waals surface area contributed by atoms with Gasteiger partial charge in [-0.15, -0.1) is 5.10 Å². The first-order chi connectivity index (χ1) is 14.6. The molecule has 0 saturated heterocycles. The standard InChI is InChI=1S/C22H22N2O6/c1-26-14-7-5-12(6-8-14)20-19-15(11-18(25)30-22(19)24-23-20)13-9-16(27-2)21(29-4)17(10-13)28-3/h5-10,15H,11H2,1-4H3,(H,23,24)/t15-/m1/s1. The maximum absolute atomic E-state index is 12.3. The maximum Gasteiger partial charge on any atom is 0.313 e. The van der Waals surface area contributed by atoms with Gasteiger partial charge in [-0.2, -0.15) is 0 Å². The van der Waals surface area contributed by atoms with Crippen LogP contribution in [-0.4, -0.2) is 44.6 Å². The van der Waals surface area contributed by atoms with E-state index in [2.05, 4.69) is 10.2 Å². The predicted octanol–water partition coefficient (Wildman–Crippen LogP) is 3.55. The molecule has 8 heteroatoms. The van der Waals surface area contributed by atoms with E-state index >= 15 is 0 Å². The summed E-state index contributed by atoms with van der Waals surface area (Å²) in [6.45, 7) is 0. The summed E-state index contributed by atoms with van der Waals surface area (Å²) in [7, 11) is 6.28. The van der Waals surface area contributed by atoms with Crippen molar-refractivity contribution in [2.24, 2.45) is 0 Å². The van der Waals surface area contributed by atoms with Crippen LogP contribution >= 0.6 is 0 Å². The number of aromatic nitrogens is 2. The Balaban J connectivity index is 1.86. The van der Waals surface area contributed by atoms with Gasteiger partial charge >= 0.3 is 5.97 Å². The highest BCUT2D eigenvalue weighted by Gasteiger charge is 2.35. The molecule has 0 saturated carbocycles. The number of methoxy groups -OCH3 is 4. The Kier molecular flexibility index (Phi) is 5.22. The zero-order valence-electron chi connectivity index (χ0n) is 17.1. The number of carbonyl (C=O) groups is 1. The number of benzene rings is 2. The maximum atomic E-state index is 12.3. The Morgan fingerprint density at radius 1 is 0.967 bits per heavy atom. The molecule has 0 aliphatic carbocycles. The van der Waals surface area contributed by atoms with E-state index in [0.717, 1.165) is 28.1 Å². The van der Waals surface area contributed by atoms with E-state index in [4.69, 9.17) is 23.7 Å². The fourth-order valence-corrected chi connectivity index (χ4v) is 3.72. The van der Waals surface area contributed by atoms with Gasteiger partial charge in [0.2, 0.25) is 11.6 Å². The van der Waals surface area contributed by atoms with Crippen LogP contribution in [0.15, 0.2) is 36.4 Å². The third-order valence-electron chi connectivity index (χ3n) is 5.17. The van der Waals surface area contributed by atoms with E-state index in [0.29, 0.717) is 17.2 Å². The van der Waals surface area contributed by atoms with Crippen molar-refractivity contribution in [3.63, 3.8) is 0 Å². The van der Waals surface area contributed by atoms with Crippen LogP contribution in [-0.2, 0) is 4.79 Å². The lowest BCUT2D eigenvalue weighted by molar-refractivity contribution is -0.135. The van der Waals surface area contributed by atoms with Gasteiger partial charge in [-0.3, -0.25) is 9.89 Å². The van der Waals surface area contributed by atoms with Crippen LogP contribution < -0.4 is 23.7 Å². The fraction of sp³-hybridized carbons (Fsp3) is 0.273. The van der Waals surface area contributed by atoms with Crippen molar-refractivity contribution in [2.45, 2.75) is 12.3 Å². The van der Waals surface area contributed by atoms with Gasteiger partial charge in [0.05, 0.1) is 46.1 Å². The summed E-state index contributed by atoms with van der Waals surface area (Å²) in [6.07, 6.45) is 0.161. The van der Waals surface area contributed by atoms with Gasteiger partial charge in [0, 0.05) is 11.5 Å². The number of ether oxygens (including phenoxy) is 5. The first kappa shape index (κ1) is 19.6. The molecule has 0 radical (unpaired) electrons. The van der Waals surface area contributed by atoms with Crippen LogP contribution in [0.3, 0.4) is 0 Å². The molecule has 8 nitrogen and oxygen atoms in total. The van der Waals surface area contributed by atoms with E-state index in [1.54, 1.807) is 28.4 Å². The van der Waals surface area contributed by atoms with Crippen molar-refractivity contribution in [2.75, 3.05) is 28.4 Å². The topological polar surface area (TPSA) is 91.9 Å². The highest BCUT2D eigenvalue weighted by atomic mass is 16.5. The Morgan fingerprint density at radius 3 is 2.20 bits per heavy atom. The molecule has 30 heavy (non-hydrogen) atoms. The number of esters is 1. The molecule has 156 valence electrons. The molecule has 2 heterocycles. The van der Waals surface area contributed by atoms with Crippen LogP contribution in [0.5, 0.6) is 28.9 Å².